The fourth-order valence-electron chi connectivity index (χ4n) is 2.48. The Hall–Kier alpha value is -2.40. The zero-order valence-corrected chi connectivity index (χ0v) is 12.1. The minimum Gasteiger partial charge on any atom is -0.399 e. The molecule has 0 fully saturated rings. The lowest BCUT2D eigenvalue weighted by molar-refractivity contribution is 0.185. The minimum absolute atomic E-state index is 0.577. The van der Waals surface area contributed by atoms with E-state index in [1.165, 1.54) is 0 Å². The molecule has 1 atom stereocenters. The number of fused-ring (bicyclic) bond motifs is 1. The molecule has 3 N–H and O–H groups in total. The van der Waals surface area contributed by atoms with E-state index in [0.717, 1.165) is 22.3 Å². The van der Waals surface area contributed by atoms with Crippen LogP contribution in [-0.4, -0.2) is 19.6 Å². The maximum absolute atomic E-state index is 9.99. The summed E-state index contributed by atoms with van der Waals surface area (Å²) < 4.78 is 1.99. The van der Waals surface area contributed by atoms with Gasteiger partial charge in [0.2, 0.25) is 0 Å². The topological polar surface area (TPSA) is 77.0 Å². The van der Waals surface area contributed by atoms with Crippen LogP contribution in [0.25, 0.3) is 11.0 Å². The number of aliphatic hydroxyl groups is 1. The molecule has 3 rings (SSSR count). The molecule has 108 valence electrons. The molecular weight excluding hydrogens is 264 g/mol. The molecule has 3 aromatic rings. The van der Waals surface area contributed by atoms with Crippen LogP contribution in [0.1, 0.15) is 30.1 Å². The third-order valence-corrected chi connectivity index (χ3v) is 3.60. The van der Waals surface area contributed by atoms with Crippen molar-refractivity contribution in [2.24, 2.45) is 0 Å². The molecule has 0 aliphatic heterocycles. The van der Waals surface area contributed by atoms with E-state index in [1.54, 1.807) is 13.1 Å². The SMILES string of the molecule is Cc1cccnc1Cn1c(C(C)O)nc2cc(N)ccc21. The Balaban J connectivity index is 2.16. The summed E-state index contributed by atoms with van der Waals surface area (Å²) in [4.78, 5) is 8.93. The summed E-state index contributed by atoms with van der Waals surface area (Å²) in [6, 6.07) is 9.55. The van der Waals surface area contributed by atoms with Gasteiger partial charge in [-0.2, -0.15) is 0 Å². The Morgan fingerprint density at radius 2 is 2.14 bits per heavy atom. The van der Waals surface area contributed by atoms with E-state index in [2.05, 4.69) is 9.97 Å². The van der Waals surface area contributed by atoms with Crippen LogP contribution in [0.2, 0.25) is 0 Å². The van der Waals surface area contributed by atoms with Gasteiger partial charge in [-0.15, -0.1) is 0 Å². The minimum atomic E-state index is -0.650. The van der Waals surface area contributed by atoms with Gasteiger partial charge in [0.05, 0.1) is 23.3 Å². The van der Waals surface area contributed by atoms with Crippen LogP contribution in [-0.2, 0) is 6.54 Å². The standard InChI is InChI=1S/C16H18N4O/c1-10-4-3-7-18-14(10)9-20-15-6-5-12(17)8-13(15)19-16(20)11(2)21/h3-8,11,21H,9,17H2,1-2H3. The number of aliphatic hydroxyl groups excluding tert-OH is 1. The van der Waals surface area contributed by atoms with Crippen LogP contribution in [0, 0.1) is 6.92 Å². The molecule has 1 unspecified atom stereocenters. The molecule has 0 bridgehead atoms. The zero-order valence-electron chi connectivity index (χ0n) is 12.1. The van der Waals surface area contributed by atoms with Crippen LogP contribution in [0.4, 0.5) is 5.69 Å². The molecule has 0 spiro atoms. The molecule has 0 aliphatic rings. The van der Waals surface area contributed by atoms with Crippen molar-refractivity contribution < 1.29 is 5.11 Å². The van der Waals surface area contributed by atoms with Gasteiger partial charge in [-0.3, -0.25) is 4.98 Å². The van der Waals surface area contributed by atoms with Gasteiger partial charge >= 0.3 is 0 Å². The number of rotatable bonds is 3. The first-order valence-corrected chi connectivity index (χ1v) is 6.90. The van der Waals surface area contributed by atoms with Crippen molar-refractivity contribution in [3.8, 4) is 0 Å². The number of hydrogen-bond donors (Lipinski definition) is 2. The lowest BCUT2D eigenvalue weighted by Crippen LogP contribution is -2.10. The fraction of sp³-hybridized carbons (Fsp3) is 0.250. The lowest BCUT2D eigenvalue weighted by Gasteiger charge is -2.12. The molecule has 2 heterocycles. The Kier molecular flexibility index (Phi) is 3.35. The largest absolute Gasteiger partial charge is 0.399 e. The number of aryl methyl sites for hydroxylation is 1. The van der Waals surface area contributed by atoms with Gasteiger partial charge in [0.15, 0.2) is 0 Å². The van der Waals surface area contributed by atoms with Crippen molar-refractivity contribution in [1.82, 2.24) is 14.5 Å². The van der Waals surface area contributed by atoms with Gasteiger partial charge in [0, 0.05) is 11.9 Å². The number of benzene rings is 1. The summed E-state index contributed by atoms with van der Waals surface area (Å²) in [6.45, 7) is 4.32. The summed E-state index contributed by atoms with van der Waals surface area (Å²) >= 11 is 0. The van der Waals surface area contributed by atoms with Crippen molar-refractivity contribution in [2.75, 3.05) is 5.73 Å². The molecule has 21 heavy (non-hydrogen) atoms. The van der Waals surface area contributed by atoms with Crippen molar-refractivity contribution in [3.05, 3.63) is 53.6 Å². The lowest BCUT2D eigenvalue weighted by atomic mass is 10.2. The number of anilines is 1. The van der Waals surface area contributed by atoms with Crippen LogP contribution >= 0.6 is 0 Å². The number of nitrogens with two attached hydrogens (primary N) is 1. The fourth-order valence-corrected chi connectivity index (χ4v) is 2.48. The summed E-state index contributed by atoms with van der Waals surface area (Å²) in [5.74, 6) is 0.626. The van der Waals surface area contributed by atoms with Crippen molar-refractivity contribution in [3.63, 3.8) is 0 Å². The molecule has 0 radical (unpaired) electrons. The highest BCUT2D eigenvalue weighted by Crippen LogP contribution is 2.24. The normalized spacial score (nSPS) is 12.7. The second-order valence-corrected chi connectivity index (χ2v) is 5.25. The summed E-state index contributed by atoms with van der Waals surface area (Å²) in [7, 11) is 0. The van der Waals surface area contributed by atoms with Gasteiger partial charge in [0.1, 0.15) is 11.9 Å². The maximum atomic E-state index is 9.99. The zero-order chi connectivity index (χ0) is 15.0. The summed E-state index contributed by atoms with van der Waals surface area (Å²) in [5, 5.41) is 9.99. The number of hydrogen-bond acceptors (Lipinski definition) is 4. The van der Waals surface area contributed by atoms with E-state index in [-0.39, 0.29) is 0 Å². The molecule has 0 saturated heterocycles. The maximum Gasteiger partial charge on any atom is 0.138 e. The van der Waals surface area contributed by atoms with Crippen LogP contribution in [0.15, 0.2) is 36.5 Å². The predicted octanol–water partition coefficient (Wildman–Crippen LogP) is 2.42. The van der Waals surface area contributed by atoms with Crippen molar-refractivity contribution in [2.45, 2.75) is 26.5 Å². The van der Waals surface area contributed by atoms with E-state index in [1.807, 2.05) is 41.8 Å². The van der Waals surface area contributed by atoms with Gasteiger partial charge < -0.3 is 15.4 Å². The van der Waals surface area contributed by atoms with Gasteiger partial charge in [-0.05, 0) is 43.7 Å². The number of imidazole rings is 1. The van der Waals surface area contributed by atoms with Crippen molar-refractivity contribution >= 4 is 16.7 Å². The first kappa shape index (κ1) is 13.6. The predicted molar refractivity (Wildman–Crippen MR) is 82.9 cm³/mol. The average molecular weight is 282 g/mol. The summed E-state index contributed by atoms with van der Waals surface area (Å²) in [6.07, 6.45) is 1.13. The third-order valence-electron chi connectivity index (χ3n) is 3.60. The monoisotopic (exact) mass is 282 g/mol. The van der Waals surface area contributed by atoms with E-state index >= 15 is 0 Å². The molecule has 1 aromatic carbocycles. The molecule has 0 saturated carbocycles. The van der Waals surface area contributed by atoms with Gasteiger partial charge in [-0.25, -0.2) is 4.98 Å². The van der Waals surface area contributed by atoms with Crippen LogP contribution in [0.5, 0.6) is 0 Å². The Morgan fingerprint density at radius 3 is 2.86 bits per heavy atom. The van der Waals surface area contributed by atoms with Gasteiger partial charge in [0.25, 0.3) is 0 Å². The van der Waals surface area contributed by atoms with Crippen molar-refractivity contribution in [1.29, 1.82) is 0 Å². The smallest absolute Gasteiger partial charge is 0.138 e. The second-order valence-electron chi connectivity index (χ2n) is 5.25. The number of nitrogens with zero attached hydrogens (tertiary/aromatic N) is 3. The van der Waals surface area contributed by atoms with E-state index < -0.39 is 6.10 Å². The van der Waals surface area contributed by atoms with Gasteiger partial charge in [-0.1, -0.05) is 6.07 Å². The van der Waals surface area contributed by atoms with E-state index in [0.29, 0.717) is 18.1 Å². The third kappa shape index (κ3) is 2.48. The van der Waals surface area contributed by atoms with E-state index in [9.17, 15) is 5.11 Å². The highest BCUT2D eigenvalue weighted by molar-refractivity contribution is 5.79. The summed E-state index contributed by atoms with van der Waals surface area (Å²) in [5.41, 5.74) is 10.3. The molecule has 5 nitrogen and oxygen atoms in total. The first-order valence-electron chi connectivity index (χ1n) is 6.90. The number of nitrogen functional groups attached to an aromatic ring is 1. The molecule has 2 aromatic heterocycles. The highest BCUT2D eigenvalue weighted by Gasteiger charge is 2.16. The molecule has 5 heteroatoms. The van der Waals surface area contributed by atoms with E-state index in [4.69, 9.17) is 5.73 Å². The molecule has 0 amide bonds. The Labute approximate surface area is 123 Å². The Bertz CT molecular complexity index is 792. The Morgan fingerprint density at radius 1 is 1.33 bits per heavy atom. The molecular formula is C16H18N4O. The quantitative estimate of drug-likeness (QED) is 0.723. The molecule has 0 aliphatic carbocycles. The van der Waals surface area contributed by atoms with Crippen LogP contribution < -0.4 is 5.73 Å². The first-order chi connectivity index (χ1) is 10.1. The second kappa shape index (κ2) is 5.18. The highest BCUT2D eigenvalue weighted by atomic mass is 16.3. The average Bonchev–Trinajstić information content (AvgIpc) is 2.79. The number of aromatic nitrogens is 3. The number of pyridine rings is 1. The van der Waals surface area contributed by atoms with Crippen LogP contribution in [0.3, 0.4) is 0 Å².